The van der Waals surface area contributed by atoms with E-state index in [9.17, 15) is 4.79 Å². The molecule has 0 unspecified atom stereocenters. The van der Waals surface area contributed by atoms with Crippen LogP contribution in [0.25, 0.3) is 0 Å². The Morgan fingerprint density at radius 1 is 1.50 bits per heavy atom. The van der Waals surface area contributed by atoms with Crippen molar-refractivity contribution in [2.45, 2.75) is 24.9 Å². The minimum Gasteiger partial charge on any atom is -0.335 e. The van der Waals surface area contributed by atoms with Crippen LogP contribution >= 0.6 is 0 Å². The largest absolute Gasteiger partial charge is 0.335 e. The molecule has 6 nitrogen and oxygen atoms in total. The summed E-state index contributed by atoms with van der Waals surface area (Å²) < 4.78 is 1.86. The Bertz CT molecular complexity index is 394. The predicted molar refractivity (Wildman–Crippen MR) is 59.3 cm³/mol. The topological polar surface area (TPSA) is 71.0 Å². The van der Waals surface area contributed by atoms with E-state index in [1.165, 1.54) is 0 Å². The van der Waals surface area contributed by atoms with Crippen LogP contribution in [0.2, 0.25) is 0 Å². The molecular formula is C10H15N5O. The van der Waals surface area contributed by atoms with Crippen molar-refractivity contribution in [3.05, 3.63) is 12.3 Å². The number of hydrogen-bond donors (Lipinski definition) is 3. The Morgan fingerprint density at radius 2 is 2.31 bits per heavy atom. The van der Waals surface area contributed by atoms with Gasteiger partial charge < -0.3 is 10.6 Å². The van der Waals surface area contributed by atoms with Gasteiger partial charge in [0.25, 0.3) is 0 Å². The van der Waals surface area contributed by atoms with Gasteiger partial charge in [0.2, 0.25) is 0 Å². The Labute approximate surface area is 93.4 Å². The van der Waals surface area contributed by atoms with Crippen LogP contribution in [-0.2, 0) is 0 Å². The molecule has 1 aromatic heterocycles. The number of nitrogens with zero attached hydrogens (tertiary/aromatic N) is 2. The molecule has 0 radical (unpaired) electrons. The van der Waals surface area contributed by atoms with Crippen LogP contribution in [0.3, 0.4) is 0 Å². The van der Waals surface area contributed by atoms with Gasteiger partial charge in [-0.2, -0.15) is 5.10 Å². The van der Waals surface area contributed by atoms with Crippen LogP contribution in [0.15, 0.2) is 12.3 Å². The van der Waals surface area contributed by atoms with E-state index in [0.717, 1.165) is 31.7 Å². The summed E-state index contributed by atoms with van der Waals surface area (Å²) in [5.74, 6) is 0.768. The van der Waals surface area contributed by atoms with Gasteiger partial charge >= 0.3 is 6.03 Å². The molecule has 2 heterocycles. The number of rotatable bonds is 3. The van der Waals surface area contributed by atoms with E-state index in [2.05, 4.69) is 21.0 Å². The second-order valence-electron chi connectivity index (χ2n) is 4.35. The van der Waals surface area contributed by atoms with E-state index in [-0.39, 0.29) is 6.03 Å². The zero-order chi connectivity index (χ0) is 11.0. The Balaban J connectivity index is 1.63. The molecule has 86 valence electrons. The van der Waals surface area contributed by atoms with E-state index >= 15 is 0 Å². The standard InChI is InChI=1S/C10H15N5O/c16-10(13-7-1-2-7)14-9-3-4-12-15(9)8-5-11-6-8/h3-4,7-8,11H,1-2,5-6H2,(H2,13,14,16). The lowest BCUT2D eigenvalue weighted by atomic mass is 10.2. The van der Waals surface area contributed by atoms with Crippen LogP contribution in [0.1, 0.15) is 18.9 Å². The highest BCUT2D eigenvalue weighted by atomic mass is 16.2. The molecule has 0 spiro atoms. The van der Waals surface area contributed by atoms with Crippen molar-refractivity contribution in [2.24, 2.45) is 0 Å². The Morgan fingerprint density at radius 3 is 2.94 bits per heavy atom. The van der Waals surface area contributed by atoms with Crippen LogP contribution < -0.4 is 16.0 Å². The highest BCUT2D eigenvalue weighted by molar-refractivity contribution is 5.88. The molecule has 6 heteroatoms. The second kappa shape index (κ2) is 3.79. The van der Waals surface area contributed by atoms with Gasteiger partial charge in [-0.15, -0.1) is 0 Å². The lowest BCUT2D eigenvalue weighted by Crippen LogP contribution is -2.44. The summed E-state index contributed by atoms with van der Waals surface area (Å²) in [4.78, 5) is 11.6. The lowest BCUT2D eigenvalue weighted by molar-refractivity contribution is 0.251. The van der Waals surface area contributed by atoms with E-state index in [1.54, 1.807) is 6.20 Å². The minimum absolute atomic E-state index is 0.128. The van der Waals surface area contributed by atoms with Gasteiger partial charge in [0.1, 0.15) is 5.82 Å². The molecule has 1 saturated carbocycles. The van der Waals surface area contributed by atoms with Crippen molar-refractivity contribution in [1.29, 1.82) is 0 Å². The van der Waals surface area contributed by atoms with Crippen molar-refractivity contribution in [1.82, 2.24) is 20.4 Å². The number of carbonyl (C=O) groups is 1. The van der Waals surface area contributed by atoms with Gasteiger partial charge in [0, 0.05) is 25.2 Å². The molecule has 3 rings (SSSR count). The molecule has 1 aromatic rings. The van der Waals surface area contributed by atoms with Gasteiger partial charge in [-0.05, 0) is 12.8 Å². The SMILES string of the molecule is O=C(Nc1ccnn1C1CNC1)NC1CC1. The fourth-order valence-corrected chi connectivity index (χ4v) is 1.72. The molecule has 16 heavy (non-hydrogen) atoms. The van der Waals surface area contributed by atoms with Gasteiger partial charge in [-0.25, -0.2) is 9.48 Å². The van der Waals surface area contributed by atoms with Gasteiger partial charge in [0.05, 0.1) is 12.2 Å². The third-order valence-electron chi connectivity index (χ3n) is 2.93. The highest BCUT2D eigenvalue weighted by Crippen LogP contribution is 2.20. The first-order valence-corrected chi connectivity index (χ1v) is 5.64. The maximum atomic E-state index is 11.6. The number of hydrogen-bond acceptors (Lipinski definition) is 3. The first-order valence-electron chi connectivity index (χ1n) is 5.64. The summed E-state index contributed by atoms with van der Waals surface area (Å²) in [5.41, 5.74) is 0. The smallest absolute Gasteiger partial charge is 0.320 e. The van der Waals surface area contributed by atoms with E-state index in [4.69, 9.17) is 0 Å². The normalized spacial score (nSPS) is 20.2. The van der Waals surface area contributed by atoms with E-state index in [0.29, 0.717) is 12.1 Å². The van der Waals surface area contributed by atoms with Crippen molar-refractivity contribution in [3.8, 4) is 0 Å². The fourth-order valence-electron chi connectivity index (χ4n) is 1.72. The zero-order valence-electron chi connectivity index (χ0n) is 8.94. The Kier molecular flexibility index (Phi) is 2.28. The number of amides is 2. The van der Waals surface area contributed by atoms with Crippen molar-refractivity contribution < 1.29 is 4.79 Å². The molecule has 2 amide bonds. The summed E-state index contributed by atoms with van der Waals surface area (Å²) in [6.07, 6.45) is 3.91. The maximum absolute atomic E-state index is 11.6. The molecule has 1 aliphatic carbocycles. The average molecular weight is 221 g/mol. The van der Waals surface area contributed by atoms with E-state index < -0.39 is 0 Å². The molecule has 2 aliphatic rings. The molecule has 0 bridgehead atoms. The number of aromatic nitrogens is 2. The predicted octanol–water partition coefficient (Wildman–Crippen LogP) is 0.311. The second-order valence-corrected chi connectivity index (χ2v) is 4.35. The maximum Gasteiger partial charge on any atom is 0.320 e. The average Bonchev–Trinajstić information content (AvgIpc) is 2.86. The monoisotopic (exact) mass is 221 g/mol. The van der Waals surface area contributed by atoms with Crippen molar-refractivity contribution in [3.63, 3.8) is 0 Å². The highest BCUT2D eigenvalue weighted by Gasteiger charge is 2.25. The number of urea groups is 1. The lowest BCUT2D eigenvalue weighted by Gasteiger charge is -2.28. The van der Waals surface area contributed by atoms with Gasteiger partial charge in [-0.1, -0.05) is 0 Å². The number of carbonyl (C=O) groups excluding carboxylic acids is 1. The molecule has 0 aromatic carbocycles. The van der Waals surface area contributed by atoms with Crippen LogP contribution in [0.5, 0.6) is 0 Å². The number of anilines is 1. The number of nitrogens with one attached hydrogen (secondary N) is 3. The summed E-state index contributed by atoms with van der Waals surface area (Å²) in [7, 11) is 0. The molecule has 0 atom stereocenters. The molecule has 1 aliphatic heterocycles. The zero-order valence-corrected chi connectivity index (χ0v) is 8.94. The quantitative estimate of drug-likeness (QED) is 0.688. The summed E-state index contributed by atoms with van der Waals surface area (Å²) >= 11 is 0. The van der Waals surface area contributed by atoms with Gasteiger partial charge in [0.15, 0.2) is 0 Å². The van der Waals surface area contributed by atoms with Gasteiger partial charge in [-0.3, -0.25) is 5.32 Å². The molecular weight excluding hydrogens is 206 g/mol. The van der Waals surface area contributed by atoms with Crippen LogP contribution in [-0.4, -0.2) is 34.9 Å². The fraction of sp³-hybridized carbons (Fsp3) is 0.600. The summed E-state index contributed by atoms with van der Waals surface area (Å²) in [6, 6.07) is 2.44. The van der Waals surface area contributed by atoms with Crippen molar-refractivity contribution in [2.75, 3.05) is 18.4 Å². The van der Waals surface area contributed by atoms with Crippen LogP contribution in [0, 0.1) is 0 Å². The van der Waals surface area contributed by atoms with Crippen molar-refractivity contribution >= 4 is 11.8 Å². The van der Waals surface area contributed by atoms with Crippen LogP contribution in [0.4, 0.5) is 10.6 Å². The first-order chi connectivity index (χ1) is 7.83. The molecule has 3 N–H and O–H groups in total. The minimum atomic E-state index is -0.128. The third kappa shape index (κ3) is 1.88. The molecule has 2 fully saturated rings. The summed E-state index contributed by atoms with van der Waals surface area (Å²) in [5, 5.41) is 13.1. The molecule has 1 saturated heterocycles. The summed E-state index contributed by atoms with van der Waals surface area (Å²) in [6.45, 7) is 1.83. The van der Waals surface area contributed by atoms with E-state index in [1.807, 2.05) is 10.7 Å². The first kappa shape index (κ1) is 9.65. The Hall–Kier alpha value is -1.56. The third-order valence-corrected chi connectivity index (χ3v) is 2.93.